The summed E-state index contributed by atoms with van der Waals surface area (Å²) in [6.45, 7) is 4.72. The van der Waals surface area contributed by atoms with E-state index in [1.807, 2.05) is 0 Å². The summed E-state index contributed by atoms with van der Waals surface area (Å²) in [4.78, 5) is 4.76. The molecule has 0 bridgehead atoms. The average molecular weight is 745 g/mol. The van der Waals surface area contributed by atoms with Crippen molar-refractivity contribution in [1.82, 2.24) is 0 Å². The van der Waals surface area contributed by atoms with E-state index < -0.39 is 0 Å². The maximum Gasteiger partial charge on any atom is 0.0540 e. The minimum atomic E-state index is -0.116. The van der Waals surface area contributed by atoms with E-state index in [4.69, 9.17) is 0 Å². The summed E-state index contributed by atoms with van der Waals surface area (Å²) in [6, 6.07) is 77.3. The molecular weight excluding hydrogens is 701 g/mol. The SMILES string of the molecule is CN(c1ccccc1)c1cc2c(cc1-c1ccc(N(c3ccc(-c4ccccc4)cc3)c3ccc(-c4ccccc4)cc3)c3ccccc13)-c1ccccc1C2(C)C. The van der Waals surface area contributed by atoms with Crippen LogP contribution in [0.3, 0.4) is 0 Å². The Balaban J connectivity index is 1.17. The van der Waals surface area contributed by atoms with Gasteiger partial charge < -0.3 is 9.80 Å². The topological polar surface area (TPSA) is 6.48 Å². The summed E-state index contributed by atoms with van der Waals surface area (Å²) >= 11 is 0. The number of hydrogen-bond donors (Lipinski definition) is 0. The second kappa shape index (κ2) is 14.4. The lowest BCUT2D eigenvalue weighted by Crippen LogP contribution is -2.17. The van der Waals surface area contributed by atoms with Crippen molar-refractivity contribution < 1.29 is 0 Å². The fraction of sp³-hybridized carbons (Fsp3) is 0.0714. The molecule has 2 nitrogen and oxygen atoms in total. The predicted molar refractivity (Wildman–Crippen MR) is 247 cm³/mol. The van der Waals surface area contributed by atoms with E-state index in [1.54, 1.807) is 0 Å². The molecule has 0 radical (unpaired) electrons. The van der Waals surface area contributed by atoms with E-state index in [-0.39, 0.29) is 5.41 Å². The first-order chi connectivity index (χ1) is 28.5. The molecule has 0 atom stereocenters. The van der Waals surface area contributed by atoms with Gasteiger partial charge >= 0.3 is 0 Å². The predicted octanol–water partition coefficient (Wildman–Crippen LogP) is 15.4. The first-order valence-electron chi connectivity index (χ1n) is 20.2. The van der Waals surface area contributed by atoms with Gasteiger partial charge in [0.1, 0.15) is 0 Å². The highest BCUT2D eigenvalue weighted by Crippen LogP contribution is 2.53. The molecule has 0 unspecified atom stereocenters. The summed E-state index contributed by atoms with van der Waals surface area (Å²) < 4.78 is 0. The van der Waals surface area contributed by atoms with Gasteiger partial charge in [0.2, 0.25) is 0 Å². The monoisotopic (exact) mass is 744 g/mol. The van der Waals surface area contributed by atoms with Crippen LogP contribution in [-0.2, 0) is 5.41 Å². The number of nitrogens with zero attached hydrogens (tertiary/aromatic N) is 2. The molecule has 0 N–H and O–H groups in total. The smallest absolute Gasteiger partial charge is 0.0540 e. The van der Waals surface area contributed by atoms with Crippen molar-refractivity contribution in [2.24, 2.45) is 0 Å². The van der Waals surface area contributed by atoms with Crippen LogP contribution in [0.1, 0.15) is 25.0 Å². The number of para-hydroxylation sites is 1. The molecule has 0 saturated carbocycles. The Bertz CT molecular complexity index is 2810. The summed E-state index contributed by atoms with van der Waals surface area (Å²) in [5, 5.41) is 2.40. The number of fused-ring (bicyclic) bond motifs is 4. The zero-order chi connectivity index (χ0) is 39.2. The van der Waals surface area contributed by atoms with Crippen LogP contribution in [0.25, 0.3) is 55.3 Å². The first-order valence-corrected chi connectivity index (χ1v) is 20.2. The third kappa shape index (κ3) is 6.06. The molecule has 0 fully saturated rings. The van der Waals surface area contributed by atoms with Crippen LogP contribution >= 0.6 is 0 Å². The Labute approximate surface area is 341 Å². The van der Waals surface area contributed by atoms with Gasteiger partial charge in [0.25, 0.3) is 0 Å². The molecule has 58 heavy (non-hydrogen) atoms. The highest BCUT2D eigenvalue weighted by atomic mass is 15.1. The Morgan fingerprint density at radius 2 is 0.828 bits per heavy atom. The molecule has 1 aliphatic rings. The van der Waals surface area contributed by atoms with Crippen LogP contribution < -0.4 is 9.80 Å². The molecule has 2 heteroatoms. The van der Waals surface area contributed by atoms with Gasteiger partial charge in [-0.25, -0.2) is 0 Å². The number of benzene rings is 9. The molecule has 0 spiro atoms. The van der Waals surface area contributed by atoms with Gasteiger partial charge in [-0.05, 0) is 110 Å². The summed E-state index contributed by atoms with van der Waals surface area (Å²) in [5.74, 6) is 0. The molecule has 278 valence electrons. The van der Waals surface area contributed by atoms with Crippen molar-refractivity contribution in [2.45, 2.75) is 19.3 Å². The molecule has 1 aliphatic carbocycles. The van der Waals surface area contributed by atoms with Crippen molar-refractivity contribution in [3.63, 3.8) is 0 Å². The molecule has 0 heterocycles. The summed E-state index contributed by atoms with van der Waals surface area (Å²) in [5.41, 5.74) is 18.2. The van der Waals surface area contributed by atoms with Gasteiger partial charge in [-0.3, -0.25) is 0 Å². The number of anilines is 5. The van der Waals surface area contributed by atoms with E-state index in [0.29, 0.717) is 0 Å². The number of rotatable bonds is 8. The lowest BCUT2D eigenvalue weighted by Gasteiger charge is -2.29. The standard InChI is InChI=1S/C56H44N2/c1-56(2)52-26-16-15-24-48(52)50-37-51(55(38-53(50)56)57(3)43-21-11-6-12-22-43)47-35-36-54(49-25-14-13-23-46(47)49)58(44-31-27-41(28-32-44)39-17-7-4-8-18-39)45-33-29-42(30-34-45)40-19-9-5-10-20-40/h4-38H,1-3H3. The van der Waals surface area contributed by atoms with Crippen LogP contribution in [0.5, 0.6) is 0 Å². The van der Waals surface area contributed by atoms with Gasteiger partial charge in [-0.1, -0.05) is 172 Å². The van der Waals surface area contributed by atoms with E-state index in [9.17, 15) is 0 Å². The van der Waals surface area contributed by atoms with Crippen molar-refractivity contribution in [3.8, 4) is 44.5 Å². The van der Waals surface area contributed by atoms with Crippen molar-refractivity contribution in [3.05, 3.63) is 223 Å². The van der Waals surface area contributed by atoms with Gasteiger partial charge in [-0.15, -0.1) is 0 Å². The summed E-state index contributed by atoms with van der Waals surface area (Å²) in [7, 11) is 2.20. The van der Waals surface area contributed by atoms with Gasteiger partial charge in [0.15, 0.2) is 0 Å². The quantitative estimate of drug-likeness (QED) is 0.153. The molecular formula is C56H44N2. The van der Waals surface area contributed by atoms with Crippen LogP contribution in [-0.4, -0.2) is 7.05 Å². The lowest BCUT2D eigenvalue weighted by atomic mass is 9.81. The zero-order valence-corrected chi connectivity index (χ0v) is 33.1. The fourth-order valence-electron chi connectivity index (χ4n) is 9.03. The second-order valence-corrected chi connectivity index (χ2v) is 15.8. The fourth-order valence-corrected chi connectivity index (χ4v) is 9.03. The van der Waals surface area contributed by atoms with E-state index in [2.05, 4.69) is 243 Å². The highest BCUT2D eigenvalue weighted by molar-refractivity contribution is 6.09. The van der Waals surface area contributed by atoms with Crippen LogP contribution in [0.2, 0.25) is 0 Å². The highest BCUT2D eigenvalue weighted by Gasteiger charge is 2.36. The Kier molecular flexibility index (Phi) is 8.76. The van der Waals surface area contributed by atoms with Crippen LogP contribution in [0.4, 0.5) is 28.4 Å². The first kappa shape index (κ1) is 35.3. The third-order valence-corrected chi connectivity index (χ3v) is 12.1. The van der Waals surface area contributed by atoms with Crippen LogP contribution in [0, 0.1) is 0 Å². The minimum absolute atomic E-state index is 0.116. The van der Waals surface area contributed by atoms with Gasteiger partial charge in [-0.2, -0.15) is 0 Å². The van der Waals surface area contributed by atoms with Crippen molar-refractivity contribution in [2.75, 3.05) is 16.8 Å². The molecule has 9 aromatic carbocycles. The van der Waals surface area contributed by atoms with Gasteiger partial charge in [0.05, 0.1) is 5.69 Å². The van der Waals surface area contributed by atoms with Crippen LogP contribution in [0.15, 0.2) is 212 Å². The van der Waals surface area contributed by atoms with Crippen molar-refractivity contribution in [1.29, 1.82) is 0 Å². The maximum absolute atomic E-state index is 2.46. The Morgan fingerprint density at radius 1 is 0.328 bits per heavy atom. The zero-order valence-electron chi connectivity index (χ0n) is 33.1. The maximum atomic E-state index is 2.46. The third-order valence-electron chi connectivity index (χ3n) is 12.1. The van der Waals surface area contributed by atoms with E-state index >= 15 is 0 Å². The molecule has 0 amide bonds. The molecule has 0 aromatic heterocycles. The van der Waals surface area contributed by atoms with E-state index in [1.165, 1.54) is 72.1 Å². The minimum Gasteiger partial charge on any atom is -0.344 e. The molecule has 9 aromatic rings. The molecule has 10 rings (SSSR count). The number of hydrogen-bond acceptors (Lipinski definition) is 2. The average Bonchev–Trinajstić information content (AvgIpc) is 3.52. The Morgan fingerprint density at radius 3 is 1.43 bits per heavy atom. The molecule has 0 saturated heterocycles. The van der Waals surface area contributed by atoms with Crippen molar-refractivity contribution >= 4 is 39.2 Å². The largest absolute Gasteiger partial charge is 0.344 e. The van der Waals surface area contributed by atoms with E-state index in [0.717, 1.165) is 22.7 Å². The second-order valence-electron chi connectivity index (χ2n) is 15.8. The normalized spacial score (nSPS) is 12.5. The van der Waals surface area contributed by atoms with Gasteiger partial charge in [0, 0.05) is 46.2 Å². The Hall–Kier alpha value is -7.16. The lowest BCUT2D eigenvalue weighted by molar-refractivity contribution is 0.660. The summed E-state index contributed by atoms with van der Waals surface area (Å²) in [6.07, 6.45) is 0. The molecule has 0 aliphatic heterocycles.